The van der Waals surface area contributed by atoms with Crippen LogP contribution in [-0.4, -0.2) is 50.0 Å². The Morgan fingerprint density at radius 2 is 1.56 bits per heavy atom. The normalized spacial score (nSPS) is 12.3. The maximum atomic E-state index is 13.4. The maximum absolute atomic E-state index is 13.4. The highest BCUT2D eigenvalue weighted by atomic mass is 32.2. The summed E-state index contributed by atoms with van der Waals surface area (Å²) >= 11 is 0. The molecule has 0 heterocycles. The number of benzene rings is 2. The third kappa shape index (κ3) is 6.82. The Morgan fingerprint density at radius 1 is 0.969 bits per heavy atom. The summed E-state index contributed by atoms with van der Waals surface area (Å²) in [5.41, 5.74) is 3.12. The van der Waals surface area contributed by atoms with Gasteiger partial charge in [-0.2, -0.15) is 0 Å². The molecule has 1 unspecified atom stereocenters. The molecular formula is C24H33N3O4S. The van der Waals surface area contributed by atoms with E-state index in [2.05, 4.69) is 5.32 Å². The Bertz CT molecular complexity index is 1050. The highest BCUT2D eigenvalue weighted by molar-refractivity contribution is 7.92. The summed E-state index contributed by atoms with van der Waals surface area (Å²) in [6, 6.07) is 13.8. The highest BCUT2D eigenvalue weighted by Crippen LogP contribution is 2.23. The van der Waals surface area contributed by atoms with Gasteiger partial charge < -0.3 is 10.2 Å². The van der Waals surface area contributed by atoms with Crippen molar-refractivity contribution in [2.75, 3.05) is 17.1 Å². The number of anilines is 1. The molecule has 174 valence electrons. The number of aryl methyl sites for hydroxylation is 2. The fourth-order valence-electron chi connectivity index (χ4n) is 3.32. The lowest BCUT2D eigenvalue weighted by Crippen LogP contribution is -2.52. The van der Waals surface area contributed by atoms with Crippen LogP contribution in [0, 0.1) is 13.8 Å². The van der Waals surface area contributed by atoms with E-state index in [9.17, 15) is 18.0 Å². The van der Waals surface area contributed by atoms with Crippen molar-refractivity contribution >= 4 is 27.5 Å². The second kappa shape index (κ2) is 10.6. The van der Waals surface area contributed by atoms with Crippen molar-refractivity contribution in [2.45, 2.75) is 53.2 Å². The van der Waals surface area contributed by atoms with Crippen LogP contribution < -0.4 is 9.62 Å². The van der Waals surface area contributed by atoms with E-state index in [1.54, 1.807) is 32.0 Å². The van der Waals surface area contributed by atoms with E-state index >= 15 is 0 Å². The zero-order valence-corrected chi connectivity index (χ0v) is 20.4. The molecule has 2 rings (SSSR count). The van der Waals surface area contributed by atoms with Crippen LogP contribution in [0.15, 0.2) is 48.5 Å². The third-order valence-electron chi connectivity index (χ3n) is 5.14. The number of hydrogen-bond acceptors (Lipinski definition) is 4. The molecule has 0 aromatic heterocycles. The SMILES string of the molecule is Cc1ccc(CN(C(=O)CN(c2ccccc2C)S(C)(=O)=O)C(C)C(=O)NC(C)C)cc1. The van der Waals surface area contributed by atoms with Crippen LogP contribution in [0.2, 0.25) is 0 Å². The number of nitrogens with one attached hydrogen (secondary N) is 1. The molecule has 2 aromatic carbocycles. The van der Waals surface area contributed by atoms with Crippen molar-refractivity contribution in [1.82, 2.24) is 10.2 Å². The van der Waals surface area contributed by atoms with E-state index in [1.165, 1.54) is 4.90 Å². The van der Waals surface area contributed by atoms with E-state index in [-0.39, 0.29) is 18.5 Å². The van der Waals surface area contributed by atoms with Gasteiger partial charge in [0.1, 0.15) is 12.6 Å². The first-order chi connectivity index (χ1) is 14.9. The lowest BCUT2D eigenvalue weighted by Gasteiger charge is -2.32. The summed E-state index contributed by atoms with van der Waals surface area (Å²) in [6.07, 6.45) is 1.08. The van der Waals surface area contributed by atoms with Gasteiger partial charge >= 0.3 is 0 Å². The predicted molar refractivity (Wildman–Crippen MR) is 128 cm³/mol. The molecule has 1 atom stereocenters. The molecule has 0 fully saturated rings. The van der Waals surface area contributed by atoms with Gasteiger partial charge in [0.25, 0.3) is 0 Å². The Balaban J connectivity index is 2.39. The average molecular weight is 460 g/mol. The summed E-state index contributed by atoms with van der Waals surface area (Å²) < 4.78 is 26.2. The van der Waals surface area contributed by atoms with Gasteiger partial charge in [-0.15, -0.1) is 0 Å². The zero-order valence-electron chi connectivity index (χ0n) is 19.6. The highest BCUT2D eigenvalue weighted by Gasteiger charge is 2.30. The van der Waals surface area contributed by atoms with Crippen LogP contribution in [0.3, 0.4) is 0 Å². The lowest BCUT2D eigenvalue weighted by atomic mass is 10.1. The first-order valence-corrected chi connectivity index (χ1v) is 12.4. The smallest absolute Gasteiger partial charge is 0.244 e. The molecule has 0 radical (unpaired) electrons. The molecule has 7 nitrogen and oxygen atoms in total. The van der Waals surface area contributed by atoms with Crippen LogP contribution in [0.4, 0.5) is 5.69 Å². The number of nitrogens with zero attached hydrogens (tertiary/aromatic N) is 2. The number of rotatable bonds is 9. The second-order valence-electron chi connectivity index (χ2n) is 8.40. The molecule has 0 aliphatic heterocycles. The number of para-hydroxylation sites is 1. The van der Waals surface area contributed by atoms with E-state index < -0.39 is 28.5 Å². The standard InChI is InChI=1S/C24H33N3O4S/c1-17(2)25-24(29)20(5)26(15-21-13-11-18(3)12-14-21)23(28)16-27(32(6,30)31)22-10-8-7-9-19(22)4/h7-14,17,20H,15-16H2,1-6H3,(H,25,29). The molecule has 2 amide bonds. The molecule has 32 heavy (non-hydrogen) atoms. The fourth-order valence-corrected chi connectivity index (χ4v) is 4.22. The molecule has 8 heteroatoms. The van der Waals surface area contributed by atoms with Crippen LogP contribution in [0.25, 0.3) is 0 Å². The summed E-state index contributed by atoms with van der Waals surface area (Å²) in [7, 11) is -3.73. The molecule has 1 N–H and O–H groups in total. The first-order valence-electron chi connectivity index (χ1n) is 10.6. The van der Waals surface area contributed by atoms with Crippen molar-refractivity contribution in [3.8, 4) is 0 Å². The van der Waals surface area contributed by atoms with Gasteiger partial charge in [0, 0.05) is 12.6 Å². The second-order valence-corrected chi connectivity index (χ2v) is 10.3. The van der Waals surface area contributed by atoms with Gasteiger partial charge in [-0.1, -0.05) is 48.0 Å². The molecule has 0 aliphatic rings. The van der Waals surface area contributed by atoms with Gasteiger partial charge in [-0.05, 0) is 51.8 Å². The van der Waals surface area contributed by atoms with Crippen molar-refractivity contribution < 1.29 is 18.0 Å². The van der Waals surface area contributed by atoms with E-state index in [0.717, 1.165) is 27.3 Å². The zero-order chi connectivity index (χ0) is 24.1. The molecule has 0 saturated carbocycles. The van der Waals surface area contributed by atoms with Crippen LogP contribution in [0.5, 0.6) is 0 Å². The minimum absolute atomic E-state index is 0.0826. The van der Waals surface area contributed by atoms with Gasteiger partial charge in [0.15, 0.2) is 0 Å². The third-order valence-corrected chi connectivity index (χ3v) is 6.26. The quantitative estimate of drug-likeness (QED) is 0.625. The molecule has 0 aliphatic carbocycles. The Kier molecular flexibility index (Phi) is 8.44. The Hall–Kier alpha value is -2.87. The molecule has 2 aromatic rings. The van der Waals surface area contributed by atoms with Crippen molar-refractivity contribution in [2.24, 2.45) is 0 Å². The van der Waals surface area contributed by atoms with Crippen molar-refractivity contribution in [3.05, 3.63) is 65.2 Å². The minimum atomic E-state index is -3.73. The van der Waals surface area contributed by atoms with Gasteiger partial charge in [-0.25, -0.2) is 8.42 Å². The monoisotopic (exact) mass is 459 g/mol. The number of sulfonamides is 1. The predicted octanol–water partition coefficient (Wildman–Crippen LogP) is 3.01. The number of amides is 2. The van der Waals surface area contributed by atoms with Crippen molar-refractivity contribution in [3.63, 3.8) is 0 Å². The average Bonchev–Trinajstić information content (AvgIpc) is 2.70. The summed E-state index contributed by atoms with van der Waals surface area (Å²) in [4.78, 5) is 27.6. The summed E-state index contributed by atoms with van der Waals surface area (Å²) in [5, 5.41) is 2.83. The van der Waals surface area contributed by atoms with Crippen LogP contribution >= 0.6 is 0 Å². The number of carbonyl (C=O) groups is 2. The molecule has 0 bridgehead atoms. The number of carbonyl (C=O) groups excluding carboxylic acids is 2. The summed E-state index contributed by atoms with van der Waals surface area (Å²) in [6.45, 7) is 8.91. The summed E-state index contributed by atoms with van der Waals surface area (Å²) in [5.74, 6) is -0.743. The van der Waals surface area contributed by atoms with Crippen molar-refractivity contribution in [1.29, 1.82) is 0 Å². The fraction of sp³-hybridized carbons (Fsp3) is 0.417. The molecule has 0 spiro atoms. The number of hydrogen-bond donors (Lipinski definition) is 1. The Labute approximate surface area is 191 Å². The lowest BCUT2D eigenvalue weighted by molar-refractivity contribution is -0.139. The van der Waals surface area contributed by atoms with Gasteiger partial charge in [-0.3, -0.25) is 13.9 Å². The largest absolute Gasteiger partial charge is 0.352 e. The van der Waals surface area contributed by atoms with E-state index in [0.29, 0.717) is 5.69 Å². The van der Waals surface area contributed by atoms with Crippen LogP contribution in [0.1, 0.15) is 37.5 Å². The topological polar surface area (TPSA) is 86.8 Å². The first kappa shape index (κ1) is 25.4. The van der Waals surface area contributed by atoms with Gasteiger partial charge in [0.05, 0.1) is 11.9 Å². The molecule has 0 saturated heterocycles. The van der Waals surface area contributed by atoms with E-state index in [1.807, 2.05) is 51.1 Å². The molecular weight excluding hydrogens is 426 g/mol. The van der Waals surface area contributed by atoms with Crippen LogP contribution in [-0.2, 0) is 26.2 Å². The maximum Gasteiger partial charge on any atom is 0.244 e. The van der Waals surface area contributed by atoms with E-state index in [4.69, 9.17) is 0 Å². The minimum Gasteiger partial charge on any atom is -0.352 e. The van der Waals surface area contributed by atoms with Gasteiger partial charge in [0.2, 0.25) is 21.8 Å². The Morgan fingerprint density at radius 3 is 2.09 bits per heavy atom.